The zero-order valence-electron chi connectivity index (χ0n) is 11.8. The van der Waals surface area contributed by atoms with Gasteiger partial charge >= 0.3 is 0 Å². The van der Waals surface area contributed by atoms with Gasteiger partial charge in [0.25, 0.3) is 5.91 Å². The molecule has 1 heterocycles. The van der Waals surface area contributed by atoms with E-state index in [4.69, 9.17) is 0 Å². The summed E-state index contributed by atoms with van der Waals surface area (Å²) in [6, 6.07) is 5.93. The third-order valence-corrected chi connectivity index (χ3v) is 4.06. The van der Waals surface area contributed by atoms with E-state index in [0.717, 1.165) is 12.8 Å². The summed E-state index contributed by atoms with van der Waals surface area (Å²) in [6.07, 6.45) is 1.87. The van der Waals surface area contributed by atoms with Gasteiger partial charge in [-0.2, -0.15) is 0 Å². The van der Waals surface area contributed by atoms with Gasteiger partial charge in [0.05, 0.1) is 17.7 Å². The van der Waals surface area contributed by atoms with E-state index in [2.05, 4.69) is 10.3 Å². The Morgan fingerprint density at radius 1 is 1.43 bits per heavy atom. The first-order valence-electron chi connectivity index (χ1n) is 6.99. The first kappa shape index (κ1) is 13.9. The molecule has 1 aromatic heterocycles. The second-order valence-electron chi connectivity index (χ2n) is 5.81. The number of halogens is 1. The summed E-state index contributed by atoms with van der Waals surface area (Å²) < 4.78 is 13.3. The van der Waals surface area contributed by atoms with Crippen molar-refractivity contribution in [2.24, 2.45) is 5.41 Å². The Balaban J connectivity index is 1.90. The lowest BCUT2D eigenvalue weighted by molar-refractivity contribution is 0.0936. The Morgan fingerprint density at radius 3 is 2.86 bits per heavy atom. The molecular formula is C16H17FN2O2. The number of hydrogen-bond acceptors (Lipinski definition) is 3. The van der Waals surface area contributed by atoms with Gasteiger partial charge in [0.1, 0.15) is 5.82 Å². The second kappa shape index (κ2) is 5.07. The number of aryl methyl sites for hydroxylation is 1. The minimum atomic E-state index is -0.371. The maximum absolute atomic E-state index is 13.3. The fourth-order valence-electron chi connectivity index (χ4n) is 2.45. The van der Waals surface area contributed by atoms with Gasteiger partial charge in [-0.3, -0.25) is 9.78 Å². The number of amides is 1. The number of rotatable bonds is 4. The summed E-state index contributed by atoms with van der Waals surface area (Å²) in [5.74, 6) is -0.582. The molecule has 0 spiro atoms. The Labute approximate surface area is 122 Å². The quantitative estimate of drug-likeness (QED) is 0.906. The molecule has 1 amide bonds. The van der Waals surface area contributed by atoms with E-state index in [1.165, 1.54) is 12.1 Å². The predicted molar refractivity (Wildman–Crippen MR) is 77.5 cm³/mol. The monoisotopic (exact) mass is 288 g/mol. The molecule has 2 aromatic rings. The highest BCUT2D eigenvalue weighted by Crippen LogP contribution is 2.44. The van der Waals surface area contributed by atoms with Gasteiger partial charge in [0.15, 0.2) is 0 Å². The molecule has 0 unspecified atom stereocenters. The standard InChI is InChI=1S/C16H17FN2O2/c1-10-6-13(12-3-2-11(17)7-14(12)19-10)15(21)18-8-16(9-20)4-5-16/h2-3,6-7,20H,4-5,8-9H2,1H3,(H,18,21). The molecule has 0 aliphatic heterocycles. The lowest BCUT2D eigenvalue weighted by atomic mass is 10.1. The highest BCUT2D eigenvalue weighted by atomic mass is 19.1. The lowest BCUT2D eigenvalue weighted by Crippen LogP contribution is -2.32. The summed E-state index contributed by atoms with van der Waals surface area (Å²) in [7, 11) is 0. The molecule has 5 heteroatoms. The minimum absolute atomic E-state index is 0.0919. The van der Waals surface area contributed by atoms with Crippen molar-refractivity contribution in [1.29, 1.82) is 0 Å². The van der Waals surface area contributed by atoms with Crippen LogP contribution in [-0.2, 0) is 0 Å². The van der Waals surface area contributed by atoms with E-state index in [9.17, 15) is 14.3 Å². The van der Waals surface area contributed by atoms with Crippen LogP contribution in [0.15, 0.2) is 24.3 Å². The van der Waals surface area contributed by atoms with Crippen LogP contribution in [0, 0.1) is 18.2 Å². The number of fused-ring (bicyclic) bond motifs is 1. The summed E-state index contributed by atoms with van der Waals surface area (Å²) in [6.45, 7) is 2.33. The molecule has 1 aliphatic rings. The third-order valence-electron chi connectivity index (χ3n) is 4.06. The van der Waals surface area contributed by atoms with Crippen molar-refractivity contribution >= 4 is 16.8 Å². The highest BCUT2D eigenvalue weighted by molar-refractivity contribution is 6.06. The van der Waals surface area contributed by atoms with Crippen LogP contribution in [0.1, 0.15) is 28.9 Å². The van der Waals surface area contributed by atoms with E-state index < -0.39 is 0 Å². The number of aliphatic hydroxyl groups is 1. The number of aliphatic hydroxyl groups excluding tert-OH is 1. The molecule has 21 heavy (non-hydrogen) atoms. The number of pyridine rings is 1. The summed E-state index contributed by atoms with van der Waals surface area (Å²) in [4.78, 5) is 16.6. The third kappa shape index (κ3) is 2.74. The van der Waals surface area contributed by atoms with Crippen LogP contribution in [0.5, 0.6) is 0 Å². The largest absolute Gasteiger partial charge is 0.396 e. The molecule has 1 fully saturated rings. The number of nitrogens with one attached hydrogen (secondary N) is 1. The van der Waals surface area contributed by atoms with Gasteiger partial charge in [0, 0.05) is 29.1 Å². The van der Waals surface area contributed by atoms with E-state index in [1.807, 2.05) is 0 Å². The van der Waals surface area contributed by atoms with Crippen LogP contribution in [0.3, 0.4) is 0 Å². The average Bonchev–Trinajstić information content (AvgIpc) is 3.24. The Bertz CT molecular complexity index is 705. The maximum Gasteiger partial charge on any atom is 0.252 e. The van der Waals surface area contributed by atoms with Crippen LogP contribution in [-0.4, -0.2) is 29.1 Å². The number of benzene rings is 1. The van der Waals surface area contributed by atoms with Gasteiger partial charge in [-0.15, -0.1) is 0 Å². The molecule has 110 valence electrons. The van der Waals surface area contributed by atoms with E-state index in [1.54, 1.807) is 19.1 Å². The van der Waals surface area contributed by atoms with Gasteiger partial charge in [-0.1, -0.05) is 0 Å². The molecule has 0 bridgehead atoms. The number of nitrogens with zero attached hydrogens (tertiary/aromatic N) is 1. The van der Waals surface area contributed by atoms with Crippen molar-refractivity contribution in [2.45, 2.75) is 19.8 Å². The molecule has 1 aromatic carbocycles. The van der Waals surface area contributed by atoms with Crippen molar-refractivity contribution in [3.63, 3.8) is 0 Å². The molecule has 0 saturated heterocycles. The number of hydrogen-bond donors (Lipinski definition) is 2. The Kier molecular flexibility index (Phi) is 3.37. The van der Waals surface area contributed by atoms with Crippen molar-refractivity contribution in [1.82, 2.24) is 10.3 Å². The first-order valence-corrected chi connectivity index (χ1v) is 6.99. The molecule has 0 radical (unpaired) electrons. The fourth-order valence-corrected chi connectivity index (χ4v) is 2.45. The fraction of sp³-hybridized carbons (Fsp3) is 0.375. The number of carbonyl (C=O) groups is 1. The SMILES string of the molecule is Cc1cc(C(=O)NCC2(CO)CC2)c2ccc(F)cc2n1. The first-order chi connectivity index (χ1) is 10.0. The molecule has 0 atom stereocenters. The topological polar surface area (TPSA) is 62.2 Å². The number of aromatic nitrogens is 1. The maximum atomic E-state index is 13.3. The van der Waals surface area contributed by atoms with Gasteiger partial charge < -0.3 is 10.4 Å². The van der Waals surface area contributed by atoms with E-state index in [0.29, 0.717) is 28.7 Å². The molecule has 3 rings (SSSR count). The highest BCUT2D eigenvalue weighted by Gasteiger charge is 2.42. The van der Waals surface area contributed by atoms with Crippen LogP contribution < -0.4 is 5.32 Å². The summed E-state index contributed by atoms with van der Waals surface area (Å²) in [5.41, 5.74) is 1.50. The second-order valence-corrected chi connectivity index (χ2v) is 5.81. The summed E-state index contributed by atoms with van der Waals surface area (Å²) >= 11 is 0. The van der Waals surface area contributed by atoms with Crippen LogP contribution in [0.25, 0.3) is 10.9 Å². The van der Waals surface area contributed by atoms with Gasteiger partial charge in [-0.25, -0.2) is 4.39 Å². The molecule has 1 aliphatic carbocycles. The van der Waals surface area contributed by atoms with Crippen molar-refractivity contribution in [2.75, 3.05) is 13.2 Å². The van der Waals surface area contributed by atoms with Crippen molar-refractivity contribution < 1.29 is 14.3 Å². The predicted octanol–water partition coefficient (Wildman–Crippen LogP) is 2.18. The van der Waals surface area contributed by atoms with Gasteiger partial charge in [0.2, 0.25) is 0 Å². The molecule has 4 nitrogen and oxygen atoms in total. The number of carbonyl (C=O) groups excluding carboxylic acids is 1. The minimum Gasteiger partial charge on any atom is -0.396 e. The summed E-state index contributed by atoms with van der Waals surface area (Å²) in [5, 5.41) is 12.8. The zero-order chi connectivity index (χ0) is 15.0. The van der Waals surface area contributed by atoms with Gasteiger partial charge in [-0.05, 0) is 38.0 Å². The smallest absolute Gasteiger partial charge is 0.252 e. The van der Waals surface area contributed by atoms with Crippen molar-refractivity contribution in [3.8, 4) is 0 Å². The van der Waals surface area contributed by atoms with E-state index >= 15 is 0 Å². The molecule has 2 N–H and O–H groups in total. The van der Waals surface area contributed by atoms with Crippen molar-refractivity contribution in [3.05, 3.63) is 41.3 Å². The Hall–Kier alpha value is -2.01. The van der Waals surface area contributed by atoms with Crippen LogP contribution >= 0.6 is 0 Å². The normalized spacial score (nSPS) is 16.0. The van der Waals surface area contributed by atoms with Crippen LogP contribution in [0.2, 0.25) is 0 Å². The molecular weight excluding hydrogens is 271 g/mol. The van der Waals surface area contributed by atoms with E-state index in [-0.39, 0.29) is 23.7 Å². The molecule has 1 saturated carbocycles. The average molecular weight is 288 g/mol. The Morgan fingerprint density at radius 2 is 2.19 bits per heavy atom. The zero-order valence-corrected chi connectivity index (χ0v) is 11.8. The van der Waals surface area contributed by atoms with Crippen LogP contribution in [0.4, 0.5) is 4.39 Å². The lowest BCUT2D eigenvalue weighted by Gasteiger charge is -2.14.